The van der Waals surface area contributed by atoms with E-state index < -0.39 is 0 Å². The summed E-state index contributed by atoms with van der Waals surface area (Å²) < 4.78 is 10.5. The summed E-state index contributed by atoms with van der Waals surface area (Å²) in [5.41, 5.74) is 1.78. The first-order chi connectivity index (χ1) is 14.2. The Morgan fingerprint density at radius 3 is 2.03 bits per heavy atom. The summed E-state index contributed by atoms with van der Waals surface area (Å²) in [5.74, 6) is -0.337. The molecule has 0 aromatic heterocycles. The van der Waals surface area contributed by atoms with E-state index in [9.17, 15) is 9.59 Å². The number of benzene rings is 1. The zero-order chi connectivity index (χ0) is 20.6. The van der Waals surface area contributed by atoms with E-state index in [0.29, 0.717) is 37.6 Å². The van der Waals surface area contributed by atoms with Crippen LogP contribution >= 0.6 is 0 Å². The number of imide groups is 1. The van der Waals surface area contributed by atoms with Crippen LogP contribution in [0.5, 0.6) is 0 Å². The van der Waals surface area contributed by atoms with Gasteiger partial charge < -0.3 is 14.4 Å². The van der Waals surface area contributed by atoms with Gasteiger partial charge in [-0.1, -0.05) is 56.0 Å². The second-order valence-electron chi connectivity index (χ2n) is 7.69. The number of carbonyl (C=O) groups excluding carboxylic acids is 2. The molecule has 0 N–H and O–H groups in total. The molecular formula is C23H32N2O4. The third-order valence-corrected chi connectivity index (χ3v) is 5.79. The second kappa shape index (κ2) is 10.6. The van der Waals surface area contributed by atoms with Crippen molar-refractivity contribution in [2.24, 2.45) is 0 Å². The quantitative estimate of drug-likeness (QED) is 0.471. The molecule has 1 saturated carbocycles. The molecule has 0 atom stereocenters. The fraction of sp³-hybridized carbons (Fsp3) is 0.565. The Kier molecular flexibility index (Phi) is 7.83. The van der Waals surface area contributed by atoms with Gasteiger partial charge in [-0.3, -0.25) is 14.5 Å². The van der Waals surface area contributed by atoms with Crippen molar-refractivity contribution in [1.29, 1.82) is 0 Å². The third-order valence-electron chi connectivity index (χ3n) is 5.79. The van der Waals surface area contributed by atoms with E-state index in [0.717, 1.165) is 31.2 Å². The van der Waals surface area contributed by atoms with Gasteiger partial charge in [0.1, 0.15) is 5.70 Å². The van der Waals surface area contributed by atoms with Gasteiger partial charge in [0.25, 0.3) is 11.8 Å². The lowest BCUT2D eigenvalue weighted by Gasteiger charge is -2.28. The summed E-state index contributed by atoms with van der Waals surface area (Å²) in [6.07, 6.45) is 6.26. The Bertz CT molecular complexity index is 716. The number of nitrogens with zero attached hydrogens (tertiary/aromatic N) is 2. The average molecular weight is 401 g/mol. The summed E-state index contributed by atoms with van der Waals surface area (Å²) in [6.45, 7) is 2.01. The molecule has 2 amide bonds. The summed E-state index contributed by atoms with van der Waals surface area (Å²) in [5, 5.41) is 0. The Morgan fingerprint density at radius 1 is 0.897 bits per heavy atom. The van der Waals surface area contributed by atoms with Crippen LogP contribution in [0.2, 0.25) is 0 Å². The van der Waals surface area contributed by atoms with Crippen LogP contribution in [0.25, 0.3) is 5.57 Å². The monoisotopic (exact) mass is 400 g/mol. The van der Waals surface area contributed by atoms with Crippen LogP contribution in [0.15, 0.2) is 36.0 Å². The van der Waals surface area contributed by atoms with Crippen molar-refractivity contribution in [2.75, 3.05) is 40.5 Å². The highest BCUT2D eigenvalue weighted by atomic mass is 16.5. The van der Waals surface area contributed by atoms with Crippen LogP contribution in [-0.2, 0) is 19.1 Å². The van der Waals surface area contributed by atoms with E-state index in [-0.39, 0.29) is 17.9 Å². The molecule has 1 heterocycles. The van der Waals surface area contributed by atoms with Crippen molar-refractivity contribution in [3.05, 3.63) is 41.6 Å². The minimum atomic E-state index is -0.173. The highest BCUT2D eigenvalue weighted by molar-refractivity contribution is 6.35. The van der Waals surface area contributed by atoms with Crippen molar-refractivity contribution in [1.82, 2.24) is 9.80 Å². The number of amides is 2. The fourth-order valence-corrected chi connectivity index (χ4v) is 4.28. The number of hydrogen-bond donors (Lipinski definition) is 0. The van der Waals surface area contributed by atoms with Crippen LogP contribution in [0, 0.1) is 0 Å². The first kappa shape index (κ1) is 21.5. The summed E-state index contributed by atoms with van der Waals surface area (Å²) in [4.78, 5) is 30.6. The van der Waals surface area contributed by atoms with Gasteiger partial charge in [0, 0.05) is 33.4 Å². The van der Waals surface area contributed by atoms with Gasteiger partial charge in [-0.15, -0.1) is 0 Å². The van der Waals surface area contributed by atoms with E-state index in [1.165, 1.54) is 17.7 Å². The van der Waals surface area contributed by atoms with Crippen LogP contribution in [0.1, 0.15) is 44.1 Å². The van der Waals surface area contributed by atoms with E-state index >= 15 is 0 Å². The Morgan fingerprint density at radius 2 is 1.48 bits per heavy atom. The molecule has 1 aromatic carbocycles. The van der Waals surface area contributed by atoms with Gasteiger partial charge in [0.2, 0.25) is 0 Å². The number of hydrogen-bond acceptors (Lipinski definition) is 5. The maximum absolute atomic E-state index is 13.6. The Balaban J connectivity index is 2.01. The molecule has 1 aromatic rings. The minimum absolute atomic E-state index is 0.0135. The fourth-order valence-electron chi connectivity index (χ4n) is 4.28. The largest absolute Gasteiger partial charge is 0.383 e. The Hall–Kier alpha value is -2.18. The average Bonchev–Trinajstić information content (AvgIpc) is 2.90. The smallest absolute Gasteiger partial charge is 0.278 e. The highest BCUT2D eigenvalue weighted by Crippen LogP contribution is 2.35. The van der Waals surface area contributed by atoms with Crippen molar-refractivity contribution < 1.29 is 19.1 Å². The lowest BCUT2D eigenvalue weighted by molar-refractivity contribution is -0.140. The van der Waals surface area contributed by atoms with E-state index in [4.69, 9.17) is 9.47 Å². The molecule has 29 heavy (non-hydrogen) atoms. The van der Waals surface area contributed by atoms with Crippen LogP contribution in [0.3, 0.4) is 0 Å². The molecule has 6 heteroatoms. The zero-order valence-corrected chi connectivity index (χ0v) is 17.6. The summed E-state index contributed by atoms with van der Waals surface area (Å²) >= 11 is 0. The SMILES string of the molecule is COCCN(CCOC)C1=C(c2ccccc2)C(=O)N(C2CCCCCC2)C1=O. The molecule has 0 spiro atoms. The zero-order valence-electron chi connectivity index (χ0n) is 17.6. The molecule has 0 unspecified atom stereocenters. The molecule has 6 nitrogen and oxygen atoms in total. The normalized spacial score (nSPS) is 18.5. The number of carbonyl (C=O) groups is 2. The molecule has 0 bridgehead atoms. The topological polar surface area (TPSA) is 59.1 Å². The molecule has 2 aliphatic rings. The molecule has 3 rings (SSSR count). The van der Waals surface area contributed by atoms with E-state index in [2.05, 4.69) is 0 Å². The van der Waals surface area contributed by atoms with Gasteiger partial charge in [0.15, 0.2) is 0 Å². The molecule has 0 radical (unpaired) electrons. The second-order valence-corrected chi connectivity index (χ2v) is 7.69. The van der Waals surface area contributed by atoms with Gasteiger partial charge in [-0.25, -0.2) is 0 Å². The van der Waals surface area contributed by atoms with E-state index in [1.54, 1.807) is 14.2 Å². The summed E-state index contributed by atoms with van der Waals surface area (Å²) in [7, 11) is 3.28. The van der Waals surface area contributed by atoms with Crippen LogP contribution < -0.4 is 0 Å². The molecule has 158 valence electrons. The lowest BCUT2D eigenvalue weighted by atomic mass is 10.0. The number of rotatable bonds is 9. The Labute approximate surface area is 173 Å². The van der Waals surface area contributed by atoms with Gasteiger partial charge in [-0.05, 0) is 18.4 Å². The standard InChI is InChI=1S/C23H32N2O4/c1-28-16-14-24(15-17-29-2)21-20(18-10-6-5-7-11-18)22(26)25(23(21)27)19-12-8-3-4-9-13-19/h5-7,10-11,19H,3-4,8-9,12-17H2,1-2H3. The van der Waals surface area contributed by atoms with Crippen LogP contribution in [0.4, 0.5) is 0 Å². The van der Waals surface area contributed by atoms with Gasteiger partial charge in [0.05, 0.1) is 18.8 Å². The predicted molar refractivity (Wildman–Crippen MR) is 112 cm³/mol. The van der Waals surface area contributed by atoms with Crippen molar-refractivity contribution >= 4 is 17.4 Å². The number of methoxy groups -OCH3 is 2. The molecular weight excluding hydrogens is 368 g/mol. The number of ether oxygens (including phenoxy) is 2. The molecule has 1 fully saturated rings. The lowest BCUT2D eigenvalue weighted by Crippen LogP contribution is -2.43. The van der Waals surface area contributed by atoms with Crippen molar-refractivity contribution in [3.63, 3.8) is 0 Å². The van der Waals surface area contributed by atoms with Crippen molar-refractivity contribution in [3.8, 4) is 0 Å². The predicted octanol–water partition coefficient (Wildman–Crippen LogP) is 3.08. The van der Waals surface area contributed by atoms with Crippen LogP contribution in [-0.4, -0.2) is 68.2 Å². The van der Waals surface area contributed by atoms with E-state index in [1.807, 2.05) is 35.2 Å². The molecule has 1 aliphatic heterocycles. The minimum Gasteiger partial charge on any atom is -0.383 e. The van der Waals surface area contributed by atoms with Crippen molar-refractivity contribution in [2.45, 2.75) is 44.6 Å². The van der Waals surface area contributed by atoms with Gasteiger partial charge in [-0.2, -0.15) is 0 Å². The molecule has 1 aliphatic carbocycles. The molecule has 0 saturated heterocycles. The third kappa shape index (κ3) is 4.87. The highest BCUT2D eigenvalue weighted by Gasteiger charge is 2.44. The summed E-state index contributed by atoms with van der Waals surface area (Å²) in [6, 6.07) is 9.52. The first-order valence-corrected chi connectivity index (χ1v) is 10.6. The first-order valence-electron chi connectivity index (χ1n) is 10.6. The maximum Gasteiger partial charge on any atom is 0.278 e. The van der Waals surface area contributed by atoms with Gasteiger partial charge >= 0.3 is 0 Å². The maximum atomic E-state index is 13.6.